The van der Waals surface area contributed by atoms with Gasteiger partial charge in [-0.3, -0.25) is 14.3 Å². The van der Waals surface area contributed by atoms with Gasteiger partial charge in [-0.05, 0) is 36.4 Å². The van der Waals surface area contributed by atoms with Crippen molar-refractivity contribution in [2.24, 2.45) is 0 Å². The zero-order chi connectivity index (χ0) is 21.6. The van der Waals surface area contributed by atoms with Gasteiger partial charge in [0, 0.05) is 30.2 Å². The number of ether oxygens (including phenoxy) is 1. The molecule has 1 amide bonds. The standard InChI is InChI=1S/C19H16F3N5O2S/c1-2-11-27-17(13-7-9-23-10-8-13)25-26-18(27)30-12-16(28)24-14-3-5-15(6-4-14)29-19(20,21)22/h2-10H,1,11-12H2,(H,24,28). The molecule has 7 nitrogen and oxygen atoms in total. The molecule has 0 saturated carbocycles. The Bertz CT molecular complexity index is 1010. The molecule has 2 heterocycles. The molecule has 0 spiro atoms. The Hall–Kier alpha value is -3.34. The van der Waals surface area contributed by atoms with Gasteiger partial charge in [0.15, 0.2) is 11.0 Å². The van der Waals surface area contributed by atoms with Crippen molar-refractivity contribution in [2.45, 2.75) is 18.1 Å². The topological polar surface area (TPSA) is 81.9 Å². The molecule has 156 valence electrons. The van der Waals surface area contributed by atoms with Crippen LogP contribution in [0.1, 0.15) is 0 Å². The lowest BCUT2D eigenvalue weighted by molar-refractivity contribution is -0.274. The molecule has 3 rings (SSSR count). The second kappa shape index (κ2) is 9.44. The van der Waals surface area contributed by atoms with E-state index in [1.807, 2.05) is 4.57 Å². The van der Waals surface area contributed by atoms with E-state index >= 15 is 0 Å². The molecule has 11 heteroatoms. The van der Waals surface area contributed by atoms with Gasteiger partial charge in [-0.1, -0.05) is 17.8 Å². The smallest absolute Gasteiger partial charge is 0.406 e. The SMILES string of the molecule is C=CCn1c(SCC(=O)Nc2ccc(OC(F)(F)F)cc2)nnc1-c1ccncc1. The number of carbonyl (C=O) groups excluding carboxylic acids is 1. The number of rotatable bonds is 8. The van der Waals surface area contributed by atoms with E-state index in [9.17, 15) is 18.0 Å². The van der Waals surface area contributed by atoms with Crippen molar-refractivity contribution >= 4 is 23.4 Å². The average molecular weight is 435 g/mol. The molecule has 0 atom stereocenters. The van der Waals surface area contributed by atoms with Gasteiger partial charge < -0.3 is 10.1 Å². The molecule has 0 aliphatic carbocycles. The van der Waals surface area contributed by atoms with Crippen LogP contribution in [0.4, 0.5) is 18.9 Å². The van der Waals surface area contributed by atoms with Crippen molar-refractivity contribution < 1.29 is 22.7 Å². The van der Waals surface area contributed by atoms with E-state index in [0.29, 0.717) is 23.2 Å². The highest BCUT2D eigenvalue weighted by atomic mass is 32.2. The summed E-state index contributed by atoms with van der Waals surface area (Å²) >= 11 is 1.18. The van der Waals surface area contributed by atoms with Gasteiger partial charge >= 0.3 is 6.36 Å². The highest BCUT2D eigenvalue weighted by molar-refractivity contribution is 7.99. The van der Waals surface area contributed by atoms with E-state index in [0.717, 1.165) is 17.7 Å². The number of thioether (sulfide) groups is 1. The lowest BCUT2D eigenvalue weighted by Gasteiger charge is -2.10. The first-order valence-corrected chi connectivity index (χ1v) is 9.57. The Morgan fingerprint density at radius 2 is 1.87 bits per heavy atom. The van der Waals surface area contributed by atoms with Crippen molar-refractivity contribution in [1.29, 1.82) is 0 Å². The summed E-state index contributed by atoms with van der Waals surface area (Å²) in [4.78, 5) is 16.2. The summed E-state index contributed by atoms with van der Waals surface area (Å²) in [6.07, 6.45) is 0.224. The van der Waals surface area contributed by atoms with Crippen molar-refractivity contribution in [2.75, 3.05) is 11.1 Å². The van der Waals surface area contributed by atoms with Gasteiger partial charge in [-0.15, -0.1) is 29.9 Å². The molecule has 0 saturated heterocycles. The monoisotopic (exact) mass is 435 g/mol. The number of alkyl halides is 3. The van der Waals surface area contributed by atoms with E-state index < -0.39 is 6.36 Å². The Morgan fingerprint density at radius 1 is 1.17 bits per heavy atom. The van der Waals surface area contributed by atoms with Crippen LogP contribution < -0.4 is 10.1 Å². The molecule has 0 radical (unpaired) electrons. The first-order chi connectivity index (χ1) is 14.4. The van der Waals surface area contributed by atoms with Crippen LogP contribution in [-0.4, -0.2) is 37.8 Å². The molecule has 0 aliphatic heterocycles. The molecule has 2 aromatic heterocycles. The summed E-state index contributed by atoms with van der Waals surface area (Å²) in [6, 6.07) is 8.50. The van der Waals surface area contributed by atoms with Crippen LogP contribution in [0.25, 0.3) is 11.4 Å². The number of hydrogen-bond acceptors (Lipinski definition) is 6. The number of allylic oxidation sites excluding steroid dienone is 1. The predicted molar refractivity (Wildman–Crippen MR) is 106 cm³/mol. The van der Waals surface area contributed by atoms with Crippen LogP contribution in [-0.2, 0) is 11.3 Å². The van der Waals surface area contributed by atoms with Crippen LogP contribution in [0.2, 0.25) is 0 Å². The summed E-state index contributed by atoms with van der Waals surface area (Å²) in [5.41, 5.74) is 1.18. The second-order valence-electron chi connectivity index (χ2n) is 5.85. The van der Waals surface area contributed by atoms with Gasteiger partial charge in [-0.2, -0.15) is 0 Å². The third-order valence-electron chi connectivity index (χ3n) is 3.67. The second-order valence-corrected chi connectivity index (χ2v) is 6.79. The molecule has 0 unspecified atom stereocenters. The normalized spacial score (nSPS) is 11.2. The van der Waals surface area contributed by atoms with E-state index in [4.69, 9.17) is 0 Å². The summed E-state index contributed by atoms with van der Waals surface area (Å²) in [6.45, 7) is 4.19. The predicted octanol–water partition coefficient (Wildman–Crippen LogP) is 4.16. The minimum absolute atomic E-state index is 0.0342. The van der Waals surface area contributed by atoms with Gasteiger partial charge in [0.2, 0.25) is 5.91 Å². The Balaban J connectivity index is 1.62. The fourth-order valence-electron chi connectivity index (χ4n) is 2.47. The van der Waals surface area contributed by atoms with Gasteiger partial charge in [0.25, 0.3) is 0 Å². The molecular weight excluding hydrogens is 419 g/mol. The number of hydrogen-bond donors (Lipinski definition) is 1. The highest BCUT2D eigenvalue weighted by Gasteiger charge is 2.31. The van der Waals surface area contributed by atoms with Crippen molar-refractivity contribution in [3.63, 3.8) is 0 Å². The number of amides is 1. The van der Waals surface area contributed by atoms with Crippen LogP contribution in [0.5, 0.6) is 5.75 Å². The van der Waals surface area contributed by atoms with E-state index in [1.54, 1.807) is 30.6 Å². The third-order valence-corrected chi connectivity index (χ3v) is 4.64. The number of anilines is 1. The third kappa shape index (κ3) is 5.83. The molecule has 1 aromatic carbocycles. The van der Waals surface area contributed by atoms with Crippen LogP contribution in [0.3, 0.4) is 0 Å². The summed E-state index contributed by atoms with van der Waals surface area (Å²) in [5.74, 6) is -0.0495. The van der Waals surface area contributed by atoms with E-state index in [-0.39, 0.29) is 17.4 Å². The lowest BCUT2D eigenvalue weighted by atomic mass is 10.2. The molecule has 30 heavy (non-hydrogen) atoms. The van der Waals surface area contributed by atoms with Crippen LogP contribution >= 0.6 is 11.8 Å². The summed E-state index contributed by atoms with van der Waals surface area (Å²) in [7, 11) is 0. The maximum absolute atomic E-state index is 12.2. The van der Waals surface area contributed by atoms with Crippen molar-refractivity contribution in [3.8, 4) is 17.1 Å². The number of nitrogens with one attached hydrogen (secondary N) is 1. The molecule has 3 aromatic rings. The van der Waals surface area contributed by atoms with Crippen molar-refractivity contribution in [1.82, 2.24) is 19.7 Å². The first-order valence-electron chi connectivity index (χ1n) is 8.58. The number of nitrogens with zero attached hydrogens (tertiary/aromatic N) is 4. The maximum atomic E-state index is 12.2. The number of pyridine rings is 1. The Kier molecular flexibility index (Phi) is 6.72. The molecule has 0 aliphatic rings. The molecule has 0 bridgehead atoms. The minimum Gasteiger partial charge on any atom is -0.406 e. The first kappa shape index (κ1) is 21.4. The fourth-order valence-corrected chi connectivity index (χ4v) is 3.22. The van der Waals surface area contributed by atoms with Crippen molar-refractivity contribution in [3.05, 3.63) is 61.4 Å². The van der Waals surface area contributed by atoms with Gasteiger partial charge in [0.1, 0.15) is 5.75 Å². The maximum Gasteiger partial charge on any atom is 0.573 e. The number of halogens is 3. The Morgan fingerprint density at radius 3 is 2.50 bits per heavy atom. The zero-order valence-electron chi connectivity index (χ0n) is 15.5. The van der Waals surface area contributed by atoms with Gasteiger partial charge in [-0.25, -0.2) is 0 Å². The van der Waals surface area contributed by atoms with Crippen LogP contribution in [0, 0.1) is 0 Å². The summed E-state index contributed by atoms with van der Waals surface area (Å²) in [5, 5.41) is 11.5. The summed E-state index contributed by atoms with van der Waals surface area (Å²) < 4.78 is 42.2. The molecular formula is C19H16F3N5O2S. The Labute approximate surface area is 174 Å². The van der Waals surface area contributed by atoms with Gasteiger partial charge in [0.05, 0.1) is 5.75 Å². The minimum atomic E-state index is -4.77. The quantitative estimate of drug-likeness (QED) is 0.423. The molecule has 0 fully saturated rings. The highest BCUT2D eigenvalue weighted by Crippen LogP contribution is 2.25. The van der Waals surface area contributed by atoms with E-state index in [2.05, 4.69) is 31.8 Å². The molecule has 1 N–H and O–H groups in total. The number of carbonyl (C=O) groups is 1. The van der Waals surface area contributed by atoms with Crippen LogP contribution in [0.15, 0.2) is 66.6 Å². The lowest BCUT2D eigenvalue weighted by Crippen LogP contribution is -2.17. The number of benzene rings is 1. The fraction of sp³-hybridized carbons (Fsp3) is 0.158. The number of aromatic nitrogens is 4. The zero-order valence-corrected chi connectivity index (χ0v) is 16.3. The van der Waals surface area contributed by atoms with E-state index in [1.165, 1.54) is 23.9 Å². The average Bonchev–Trinajstić information content (AvgIpc) is 3.10. The largest absolute Gasteiger partial charge is 0.573 e.